The van der Waals surface area contributed by atoms with Gasteiger partial charge in [0, 0.05) is 5.56 Å². The Morgan fingerprint density at radius 2 is 1.60 bits per heavy atom. The summed E-state index contributed by atoms with van der Waals surface area (Å²) in [5.41, 5.74) is 4.05. The third-order valence-corrected chi connectivity index (χ3v) is 2.98. The van der Waals surface area contributed by atoms with Crippen molar-refractivity contribution in [3.63, 3.8) is 0 Å². The van der Waals surface area contributed by atoms with E-state index in [0.717, 1.165) is 34.4 Å². The number of benzene rings is 1. The van der Waals surface area contributed by atoms with Crippen LogP contribution in [0.3, 0.4) is 0 Å². The molecule has 0 radical (unpaired) electrons. The second kappa shape index (κ2) is 4.56. The van der Waals surface area contributed by atoms with Crippen molar-refractivity contribution in [1.82, 2.24) is 0 Å². The van der Waals surface area contributed by atoms with Crippen LogP contribution in [-0.4, -0.2) is 11.7 Å². The van der Waals surface area contributed by atoms with Crippen LogP contribution in [0, 0.1) is 20.8 Å². The minimum absolute atomic E-state index is 0.410. The molecule has 0 aliphatic heterocycles. The van der Waals surface area contributed by atoms with Crippen molar-refractivity contribution in [2.75, 3.05) is 6.61 Å². The van der Waals surface area contributed by atoms with Crippen LogP contribution in [0.4, 0.5) is 0 Å². The molecule has 0 saturated heterocycles. The molecule has 2 heteroatoms. The molecular weight excluding hydrogens is 188 g/mol. The number of phenols is 1. The molecule has 0 saturated carbocycles. The Morgan fingerprint density at radius 1 is 1.00 bits per heavy atom. The molecule has 15 heavy (non-hydrogen) atoms. The summed E-state index contributed by atoms with van der Waals surface area (Å²) in [5.74, 6) is 1.36. The van der Waals surface area contributed by atoms with E-state index >= 15 is 0 Å². The van der Waals surface area contributed by atoms with Crippen molar-refractivity contribution in [2.24, 2.45) is 0 Å². The fourth-order valence-electron chi connectivity index (χ4n) is 1.93. The van der Waals surface area contributed by atoms with Crippen LogP contribution < -0.4 is 4.74 Å². The van der Waals surface area contributed by atoms with Gasteiger partial charge in [0.2, 0.25) is 0 Å². The summed E-state index contributed by atoms with van der Waals surface area (Å²) < 4.78 is 5.66. The maximum atomic E-state index is 9.94. The van der Waals surface area contributed by atoms with Crippen LogP contribution in [0.5, 0.6) is 11.5 Å². The zero-order valence-corrected chi connectivity index (χ0v) is 10.3. The van der Waals surface area contributed by atoms with E-state index in [2.05, 4.69) is 6.92 Å². The SMILES string of the molecule is CCOc1c(C)c(C)c(O)c(C)c1CC. The second-order valence-corrected chi connectivity index (χ2v) is 3.82. The highest BCUT2D eigenvalue weighted by Crippen LogP contribution is 2.37. The highest BCUT2D eigenvalue weighted by molar-refractivity contribution is 5.57. The van der Waals surface area contributed by atoms with Crippen LogP contribution in [0.1, 0.15) is 36.1 Å². The molecule has 0 heterocycles. The number of aromatic hydroxyl groups is 1. The van der Waals surface area contributed by atoms with Crippen molar-refractivity contribution < 1.29 is 9.84 Å². The van der Waals surface area contributed by atoms with Gasteiger partial charge in [0.05, 0.1) is 6.61 Å². The van der Waals surface area contributed by atoms with Gasteiger partial charge in [-0.2, -0.15) is 0 Å². The summed E-state index contributed by atoms with van der Waals surface area (Å²) in [4.78, 5) is 0. The smallest absolute Gasteiger partial charge is 0.126 e. The summed E-state index contributed by atoms with van der Waals surface area (Å²) in [5, 5.41) is 9.94. The Bertz CT molecular complexity index is 368. The maximum absolute atomic E-state index is 9.94. The quantitative estimate of drug-likeness (QED) is 0.826. The number of hydrogen-bond acceptors (Lipinski definition) is 2. The molecule has 0 fully saturated rings. The molecule has 0 bridgehead atoms. The first-order valence-electron chi connectivity index (χ1n) is 5.48. The van der Waals surface area contributed by atoms with Crippen LogP contribution in [0.2, 0.25) is 0 Å². The molecule has 84 valence electrons. The number of hydrogen-bond donors (Lipinski definition) is 1. The van der Waals surface area contributed by atoms with Crippen LogP contribution in [0.25, 0.3) is 0 Å². The Labute approximate surface area is 91.9 Å². The fourth-order valence-corrected chi connectivity index (χ4v) is 1.93. The first kappa shape index (κ1) is 11.9. The van der Waals surface area contributed by atoms with E-state index in [-0.39, 0.29) is 0 Å². The second-order valence-electron chi connectivity index (χ2n) is 3.82. The summed E-state index contributed by atoms with van der Waals surface area (Å²) in [6.07, 6.45) is 0.885. The normalized spacial score (nSPS) is 10.5. The average molecular weight is 208 g/mol. The first-order valence-corrected chi connectivity index (χ1v) is 5.48. The molecule has 0 spiro atoms. The molecule has 0 aliphatic rings. The molecule has 0 aliphatic carbocycles. The van der Waals surface area contributed by atoms with Crippen molar-refractivity contribution in [3.05, 3.63) is 22.3 Å². The molecule has 0 unspecified atom stereocenters. The first-order chi connectivity index (χ1) is 7.04. The van der Waals surface area contributed by atoms with Crippen molar-refractivity contribution in [3.8, 4) is 11.5 Å². The van der Waals surface area contributed by atoms with Gasteiger partial charge >= 0.3 is 0 Å². The highest BCUT2D eigenvalue weighted by Gasteiger charge is 2.16. The van der Waals surface area contributed by atoms with Crippen LogP contribution in [0.15, 0.2) is 0 Å². The molecule has 0 amide bonds. The van der Waals surface area contributed by atoms with E-state index in [0.29, 0.717) is 12.4 Å². The van der Waals surface area contributed by atoms with Gasteiger partial charge in [0.25, 0.3) is 0 Å². The summed E-state index contributed by atoms with van der Waals surface area (Å²) in [6, 6.07) is 0. The average Bonchev–Trinajstić information content (AvgIpc) is 2.24. The summed E-state index contributed by atoms with van der Waals surface area (Å²) >= 11 is 0. The summed E-state index contributed by atoms with van der Waals surface area (Å²) in [6.45, 7) is 10.6. The van der Waals surface area contributed by atoms with Gasteiger partial charge in [-0.1, -0.05) is 6.92 Å². The fraction of sp³-hybridized carbons (Fsp3) is 0.538. The van der Waals surface area contributed by atoms with E-state index in [9.17, 15) is 5.11 Å². The van der Waals surface area contributed by atoms with Gasteiger partial charge < -0.3 is 9.84 Å². The molecular formula is C13H20O2. The predicted molar refractivity (Wildman–Crippen MR) is 62.9 cm³/mol. The number of rotatable bonds is 3. The van der Waals surface area contributed by atoms with Crippen LogP contribution >= 0.6 is 0 Å². The zero-order valence-electron chi connectivity index (χ0n) is 10.3. The largest absolute Gasteiger partial charge is 0.507 e. The Balaban J connectivity index is 3.47. The maximum Gasteiger partial charge on any atom is 0.126 e. The topological polar surface area (TPSA) is 29.5 Å². The molecule has 0 aromatic heterocycles. The van der Waals surface area contributed by atoms with Crippen LogP contribution in [-0.2, 0) is 6.42 Å². The molecule has 1 rings (SSSR count). The Morgan fingerprint density at radius 3 is 2.07 bits per heavy atom. The Kier molecular flexibility index (Phi) is 3.61. The van der Waals surface area contributed by atoms with Gasteiger partial charge in [-0.25, -0.2) is 0 Å². The van der Waals surface area contributed by atoms with Gasteiger partial charge in [0.1, 0.15) is 11.5 Å². The van der Waals surface area contributed by atoms with Gasteiger partial charge in [-0.15, -0.1) is 0 Å². The lowest BCUT2D eigenvalue weighted by Crippen LogP contribution is -2.03. The van der Waals surface area contributed by atoms with E-state index < -0.39 is 0 Å². The Hall–Kier alpha value is -1.18. The van der Waals surface area contributed by atoms with Gasteiger partial charge in [-0.3, -0.25) is 0 Å². The highest BCUT2D eigenvalue weighted by atomic mass is 16.5. The van der Waals surface area contributed by atoms with Crippen molar-refractivity contribution in [1.29, 1.82) is 0 Å². The molecule has 0 atom stereocenters. The van der Waals surface area contributed by atoms with Crippen molar-refractivity contribution >= 4 is 0 Å². The van der Waals surface area contributed by atoms with E-state index in [1.165, 1.54) is 0 Å². The molecule has 1 aromatic carbocycles. The molecule has 1 aromatic rings. The third kappa shape index (κ3) is 1.94. The molecule has 2 nitrogen and oxygen atoms in total. The third-order valence-electron chi connectivity index (χ3n) is 2.98. The standard InChI is InChI=1S/C13H20O2/c1-6-11-10(5)12(14)8(3)9(4)13(11)15-7-2/h14H,6-7H2,1-5H3. The zero-order chi connectivity index (χ0) is 11.6. The van der Waals surface area contributed by atoms with E-state index in [4.69, 9.17) is 4.74 Å². The molecule has 1 N–H and O–H groups in total. The van der Waals surface area contributed by atoms with Gasteiger partial charge in [-0.05, 0) is 50.8 Å². The summed E-state index contributed by atoms with van der Waals surface area (Å²) in [7, 11) is 0. The van der Waals surface area contributed by atoms with E-state index in [1.807, 2.05) is 27.7 Å². The monoisotopic (exact) mass is 208 g/mol. The minimum atomic E-state index is 0.410. The lowest BCUT2D eigenvalue weighted by atomic mass is 9.96. The number of ether oxygens (including phenoxy) is 1. The van der Waals surface area contributed by atoms with E-state index in [1.54, 1.807) is 0 Å². The predicted octanol–water partition coefficient (Wildman–Crippen LogP) is 3.28. The number of phenolic OH excluding ortho intramolecular Hbond substituents is 1. The van der Waals surface area contributed by atoms with Gasteiger partial charge in [0.15, 0.2) is 0 Å². The van der Waals surface area contributed by atoms with Crippen molar-refractivity contribution in [2.45, 2.75) is 41.0 Å². The minimum Gasteiger partial charge on any atom is -0.507 e. The lowest BCUT2D eigenvalue weighted by molar-refractivity contribution is 0.332. The lowest BCUT2D eigenvalue weighted by Gasteiger charge is -2.18.